The molecule has 7 heteroatoms. The summed E-state index contributed by atoms with van der Waals surface area (Å²) in [4.78, 5) is 18.0. The number of hydrogen-bond donors (Lipinski definition) is 2. The lowest BCUT2D eigenvalue weighted by molar-refractivity contribution is -0.122. The van der Waals surface area contributed by atoms with Gasteiger partial charge in [-0.1, -0.05) is 0 Å². The van der Waals surface area contributed by atoms with Crippen LogP contribution >= 0.6 is 24.0 Å². The first-order valence-corrected chi connectivity index (χ1v) is 8.48. The lowest BCUT2D eigenvalue weighted by Gasteiger charge is -2.26. The predicted molar refractivity (Wildman–Crippen MR) is 103 cm³/mol. The van der Waals surface area contributed by atoms with Gasteiger partial charge >= 0.3 is 0 Å². The molecule has 2 rings (SSSR count). The van der Waals surface area contributed by atoms with Crippen LogP contribution in [0.1, 0.15) is 32.1 Å². The molecule has 23 heavy (non-hydrogen) atoms. The number of carbonyl (C=O) groups is 1. The van der Waals surface area contributed by atoms with Crippen LogP contribution in [-0.4, -0.2) is 63.7 Å². The topological polar surface area (TPSA) is 66.0 Å². The van der Waals surface area contributed by atoms with E-state index in [0.29, 0.717) is 13.1 Å². The Morgan fingerprint density at radius 2 is 1.83 bits per heavy atom. The highest BCUT2D eigenvalue weighted by Gasteiger charge is 2.29. The lowest BCUT2D eigenvalue weighted by atomic mass is 9.96. The lowest BCUT2D eigenvalue weighted by Crippen LogP contribution is -2.43. The Morgan fingerprint density at radius 3 is 2.43 bits per heavy atom. The average molecular weight is 438 g/mol. The molecular weight excluding hydrogens is 407 g/mol. The number of ether oxygens (including phenoxy) is 1. The van der Waals surface area contributed by atoms with Crippen molar-refractivity contribution < 1.29 is 9.53 Å². The van der Waals surface area contributed by atoms with E-state index in [2.05, 4.69) is 27.6 Å². The Bertz CT molecular complexity index is 382. The molecule has 1 aliphatic carbocycles. The molecule has 1 aliphatic heterocycles. The van der Waals surface area contributed by atoms with E-state index in [0.717, 1.165) is 44.5 Å². The van der Waals surface area contributed by atoms with Crippen molar-refractivity contribution in [1.82, 2.24) is 15.5 Å². The first-order chi connectivity index (χ1) is 10.7. The standard InChI is InChI=1S/C16H30N4O2.HI/c1-17-16(19-9-8-18-15(21)14-3-4-14)20(2)10-5-13-6-11-22-12-7-13;/h13-14H,3-12H2,1-2H3,(H,17,19)(H,18,21);1H. The second-order valence-electron chi connectivity index (χ2n) is 6.31. The molecule has 1 amide bonds. The van der Waals surface area contributed by atoms with E-state index in [-0.39, 0.29) is 35.8 Å². The van der Waals surface area contributed by atoms with Gasteiger partial charge in [0.05, 0.1) is 0 Å². The van der Waals surface area contributed by atoms with Crippen LogP contribution in [0, 0.1) is 11.8 Å². The van der Waals surface area contributed by atoms with Crippen molar-refractivity contribution in [2.24, 2.45) is 16.8 Å². The Kier molecular flexibility index (Phi) is 9.85. The first-order valence-electron chi connectivity index (χ1n) is 8.48. The summed E-state index contributed by atoms with van der Waals surface area (Å²) in [6, 6.07) is 0. The van der Waals surface area contributed by atoms with Crippen LogP contribution in [0.3, 0.4) is 0 Å². The molecule has 0 unspecified atom stereocenters. The molecule has 0 aromatic heterocycles. The third-order valence-corrected chi connectivity index (χ3v) is 4.44. The van der Waals surface area contributed by atoms with Crippen molar-refractivity contribution in [3.8, 4) is 0 Å². The van der Waals surface area contributed by atoms with Gasteiger partial charge in [-0.05, 0) is 38.0 Å². The van der Waals surface area contributed by atoms with Crippen LogP contribution in [0.4, 0.5) is 0 Å². The maximum atomic E-state index is 11.5. The molecule has 1 saturated carbocycles. The van der Waals surface area contributed by atoms with Crippen molar-refractivity contribution >= 4 is 35.8 Å². The second-order valence-corrected chi connectivity index (χ2v) is 6.31. The molecule has 134 valence electrons. The molecule has 1 saturated heterocycles. The second kappa shape index (κ2) is 11.1. The zero-order valence-electron chi connectivity index (χ0n) is 14.3. The molecule has 2 N–H and O–H groups in total. The van der Waals surface area contributed by atoms with E-state index in [1.54, 1.807) is 7.05 Å². The molecule has 0 atom stereocenters. The van der Waals surface area contributed by atoms with Crippen molar-refractivity contribution in [2.45, 2.75) is 32.1 Å². The molecule has 0 aromatic rings. The minimum absolute atomic E-state index is 0. The molecule has 0 radical (unpaired) electrons. The number of carbonyl (C=O) groups excluding carboxylic acids is 1. The summed E-state index contributed by atoms with van der Waals surface area (Å²) in [5.74, 6) is 2.14. The summed E-state index contributed by atoms with van der Waals surface area (Å²) in [5, 5.41) is 6.27. The summed E-state index contributed by atoms with van der Waals surface area (Å²) < 4.78 is 5.40. The minimum Gasteiger partial charge on any atom is -0.381 e. The smallest absolute Gasteiger partial charge is 0.223 e. The fourth-order valence-corrected chi connectivity index (χ4v) is 2.75. The number of aliphatic imine (C=N–C) groups is 1. The molecule has 2 fully saturated rings. The summed E-state index contributed by atoms with van der Waals surface area (Å²) in [7, 11) is 3.87. The zero-order valence-corrected chi connectivity index (χ0v) is 16.7. The van der Waals surface area contributed by atoms with E-state index >= 15 is 0 Å². The Morgan fingerprint density at radius 1 is 1.17 bits per heavy atom. The summed E-state index contributed by atoms with van der Waals surface area (Å²) in [6.07, 6.45) is 5.63. The molecule has 0 aromatic carbocycles. The Balaban J connectivity index is 0.00000264. The number of hydrogen-bond acceptors (Lipinski definition) is 3. The molecule has 0 spiro atoms. The molecule has 0 bridgehead atoms. The Hall–Kier alpha value is -0.570. The minimum atomic E-state index is 0. The number of halogens is 1. The highest BCUT2D eigenvalue weighted by molar-refractivity contribution is 14.0. The van der Waals surface area contributed by atoms with E-state index < -0.39 is 0 Å². The largest absolute Gasteiger partial charge is 0.381 e. The normalized spacial score (nSPS) is 19.0. The van der Waals surface area contributed by atoms with Gasteiger partial charge in [0.2, 0.25) is 5.91 Å². The van der Waals surface area contributed by atoms with Crippen LogP contribution in [0.5, 0.6) is 0 Å². The van der Waals surface area contributed by atoms with Crippen LogP contribution < -0.4 is 10.6 Å². The van der Waals surface area contributed by atoms with Crippen molar-refractivity contribution in [3.63, 3.8) is 0 Å². The zero-order chi connectivity index (χ0) is 15.8. The van der Waals surface area contributed by atoms with Gasteiger partial charge < -0.3 is 20.3 Å². The van der Waals surface area contributed by atoms with Gasteiger partial charge in [0, 0.05) is 52.9 Å². The van der Waals surface area contributed by atoms with E-state index in [4.69, 9.17) is 4.74 Å². The number of nitrogens with one attached hydrogen (secondary N) is 2. The quantitative estimate of drug-likeness (QED) is 0.274. The monoisotopic (exact) mass is 438 g/mol. The van der Waals surface area contributed by atoms with E-state index in [9.17, 15) is 4.79 Å². The van der Waals surface area contributed by atoms with Crippen LogP contribution in [0.2, 0.25) is 0 Å². The predicted octanol–water partition coefficient (Wildman–Crippen LogP) is 1.45. The molecular formula is C16H31IN4O2. The van der Waals surface area contributed by atoms with Crippen molar-refractivity contribution in [2.75, 3.05) is 46.9 Å². The van der Waals surface area contributed by atoms with Gasteiger partial charge in [-0.15, -0.1) is 24.0 Å². The summed E-state index contributed by atoms with van der Waals surface area (Å²) in [6.45, 7) is 4.18. The van der Waals surface area contributed by atoms with Crippen LogP contribution in [0.15, 0.2) is 4.99 Å². The Labute approximate surface area is 156 Å². The third-order valence-electron chi connectivity index (χ3n) is 4.44. The number of nitrogens with zero attached hydrogens (tertiary/aromatic N) is 2. The number of guanidine groups is 1. The van der Waals surface area contributed by atoms with Gasteiger partial charge in [-0.3, -0.25) is 9.79 Å². The molecule has 1 heterocycles. The molecule has 6 nitrogen and oxygen atoms in total. The maximum Gasteiger partial charge on any atom is 0.223 e. The van der Waals surface area contributed by atoms with Gasteiger partial charge in [-0.25, -0.2) is 0 Å². The van der Waals surface area contributed by atoms with Gasteiger partial charge in [-0.2, -0.15) is 0 Å². The van der Waals surface area contributed by atoms with Gasteiger partial charge in [0.25, 0.3) is 0 Å². The summed E-state index contributed by atoms with van der Waals surface area (Å²) in [5.41, 5.74) is 0. The van der Waals surface area contributed by atoms with E-state index in [1.807, 2.05) is 0 Å². The van der Waals surface area contributed by atoms with Crippen LogP contribution in [0.25, 0.3) is 0 Å². The number of rotatable bonds is 7. The highest BCUT2D eigenvalue weighted by atomic mass is 127. The van der Waals surface area contributed by atoms with Crippen molar-refractivity contribution in [3.05, 3.63) is 0 Å². The fourth-order valence-electron chi connectivity index (χ4n) is 2.75. The SMILES string of the molecule is CN=C(NCCNC(=O)C1CC1)N(C)CCC1CCOCC1.I. The van der Waals surface area contributed by atoms with Crippen LogP contribution in [-0.2, 0) is 9.53 Å². The van der Waals surface area contributed by atoms with Gasteiger partial charge in [0.1, 0.15) is 0 Å². The maximum absolute atomic E-state index is 11.5. The number of amides is 1. The first kappa shape index (κ1) is 20.5. The van der Waals surface area contributed by atoms with E-state index in [1.165, 1.54) is 19.3 Å². The third kappa shape index (κ3) is 7.69. The van der Waals surface area contributed by atoms with Crippen molar-refractivity contribution in [1.29, 1.82) is 0 Å². The fraction of sp³-hybridized carbons (Fsp3) is 0.875. The summed E-state index contributed by atoms with van der Waals surface area (Å²) >= 11 is 0. The molecule has 2 aliphatic rings. The average Bonchev–Trinajstić information content (AvgIpc) is 3.38. The highest BCUT2D eigenvalue weighted by Crippen LogP contribution is 2.28. The van der Waals surface area contributed by atoms with Gasteiger partial charge in [0.15, 0.2) is 5.96 Å².